The Hall–Kier alpha value is -4.54. The van der Waals surface area contributed by atoms with Crippen LogP contribution in [-0.4, -0.2) is 22.6 Å². The molecule has 6 aromatic rings. The molecule has 4 heteroatoms. The molecule has 3 aromatic carbocycles. The van der Waals surface area contributed by atoms with Gasteiger partial charge in [-0.1, -0.05) is 97.1 Å². The van der Waals surface area contributed by atoms with Crippen molar-refractivity contribution in [1.82, 2.24) is 14.5 Å². The van der Waals surface area contributed by atoms with Crippen molar-refractivity contribution in [2.24, 2.45) is 0 Å². The molecule has 0 spiro atoms. The summed E-state index contributed by atoms with van der Waals surface area (Å²) in [6.07, 6.45) is 8.09. The van der Waals surface area contributed by atoms with Gasteiger partial charge in [0.15, 0.2) is 8.07 Å². The SMILES string of the molecule is c1ccc([Si](c2ccccc2)(c2cccc(-c3ccccn3)c2)c2ccn(-c3ccccn3)c2)cc1. The minimum atomic E-state index is -2.65. The van der Waals surface area contributed by atoms with Crippen molar-refractivity contribution in [3.63, 3.8) is 0 Å². The lowest BCUT2D eigenvalue weighted by atomic mass is 10.1. The fourth-order valence-electron chi connectivity index (χ4n) is 5.09. The van der Waals surface area contributed by atoms with Gasteiger partial charge >= 0.3 is 0 Å². The molecule has 0 bridgehead atoms. The zero-order chi connectivity index (χ0) is 24.2. The molecule has 0 N–H and O–H groups in total. The molecule has 0 saturated heterocycles. The van der Waals surface area contributed by atoms with E-state index in [0.29, 0.717) is 0 Å². The van der Waals surface area contributed by atoms with Crippen molar-refractivity contribution in [3.05, 3.63) is 152 Å². The van der Waals surface area contributed by atoms with E-state index in [2.05, 4.69) is 124 Å². The molecule has 0 amide bonds. The van der Waals surface area contributed by atoms with Gasteiger partial charge in [-0.05, 0) is 51.1 Å². The summed E-state index contributed by atoms with van der Waals surface area (Å²) >= 11 is 0. The van der Waals surface area contributed by atoms with Crippen LogP contribution in [0.3, 0.4) is 0 Å². The Kier molecular flexibility index (Phi) is 5.86. The first-order chi connectivity index (χ1) is 17.9. The fraction of sp³-hybridized carbons (Fsp3) is 0. The first kappa shape index (κ1) is 22.0. The van der Waals surface area contributed by atoms with Crippen LogP contribution in [0.15, 0.2) is 152 Å². The van der Waals surface area contributed by atoms with Crippen molar-refractivity contribution in [2.75, 3.05) is 0 Å². The smallest absolute Gasteiger partial charge is 0.181 e. The van der Waals surface area contributed by atoms with Gasteiger partial charge in [-0.2, -0.15) is 0 Å². The van der Waals surface area contributed by atoms with Crippen LogP contribution in [-0.2, 0) is 0 Å². The Morgan fingerprint density at radius 2 is 1.14 bits per heavy atom. The van der Waals surface area contributed by atoms with Gasteiger partial charge in [0.2, 0.25) is 0 Å². The minimum Gasteiger partial charge on any atom is -0.309 e. The van der Waals surface area contributed by atoms with E-state index in [4.69, 9.17) is 0 Å². The van der Waals surface area contributed by atoms with Gasteiger partial charge in [0.1, 0.15) is 5.82 Å². The average Bonchev–Trinajstić information content (AvgIpc) is 3.46. The van der Waals surface area contributed by atoms with E-state index < -0.39 is 8.07 Å². The summed E-state index contributed by atoms with van der Waals surface area (Å²) in [6, 6.07) is 45.2. The number of hydrogen-bond donors (Lipinski definition) is 0. The molecular weight excluding hydrogens is 454 g/mol. The third kappa shape index (κ3) is 3.88. The topological polar surface area (TPSA) is 30.7 Å². The second-order valence-electron chi connectivity index (χ2n) is 8.77. The van der Waals surface area contributed by atoms with E-state index in [9.17, 15) is 0 Å². The highest BCUT2D eigenvalue weighted by Gasteiger charge is 2.42. The summed E-state index contributed by atoms with van der Waals surface area (Å²) in [4.78, 5) is 9.22. The highest BCUT2D eigenvalue weighted by molar-refractivity contribution is 7.19. The third-order valence-corrected chi connectivity index (χ3v) is 11.4. The summed E-state index contributed by atoms with van der Waals surface area (Å²) in [5.41, 5.74) is 2.11. The first-order valence-electron chi connectivity index (χ1n) is 12.1. The predicted octanol–water partition coefficient (Wildman–Crippen LogP) is 4.31. The molecule has 0 atom stereocenters. The standard InChI is InChI=1S/C32H25N3Si/c1-3-13-27(14-4-1)36(28-15-5-2-6-16-28,30-20-23-35(25-30)32-19-8-10-22-34-32)29-17-11-12-26(24-29)31-18-7-9-21-33-31/h1-25H. The van der Waals surface area contributed by atoms with E-state index >= 15 is 0 Å². The molecule has 172 valence electrons. The second-order valence-corrected chi connectivity index (χ2v) is 12.6. The lowest BCUT2D eigenvalue weighted by molar-refractivity contribution is 1.01. The molecule has 36 heavy (non-hydrogen) atoms. The molecule has 0 aliphatic carbocycles. The summed E-state index contributed by atoms with van der Waals surface area (Å²) in [6.45, 7) is 0. The molecule has 3 aromatic heterocycles. The Balaban J connectivity index is 1.65. The van der Waals surface area contributed by atoms with Crippen LogP contribution in [0, 0.1) is 0 Å². The summed E-state index contributed by atoms with van der Waals surface area (Å²) in [7, 11) is -2.65. The maximum absolute atomic E-state index is 4.64. The monoisotopic (exact) mass is 479 g/mol. The molecule has 0 radical (unpaired) electrons. The Morgan fingerprint density at radius 3 is 1.78 bits per heavy atom. The lowest BCUT2D eigenvalue weighted by Crippen LogP contribution is -2.74. The molecule has 0 fully saturated rings. The summed E-state index contributed by atoms with van der Waals surface area (Å²) in [5.74, 6) is 0.912. The van der Waals surface area contributed by atoms with Crippen molar-refractivity contribution >= 4 is 28.8 Å². The number of aromatic nitrogens is 3. The van der Waals surface area contributed by atoms with Crippen LogP contribution in [0.5, 0.6) is 0 Å². The zero-order valence-corrected chi connectivity index (χ0v) is 20.8. The third-order valence-electron chi connectivity index (χ3n) is 6.71. The molecule has 0 saturated carbocycles. The molecular formula is C32H25N3Si. The highest BCUT2D eigenvalue weighted by atomic mass is 28.3. The maximum atomic E-state index is 4.64. The summed E-state index contributed by atoms with van der Waals surface area (Å²) in [5, 5.41) is 5.31. The van der Waals surface area contributed by atoms with Crippen molar-refractivity contribution < 1.29 is 0 Å². The van der Waals surface area contributed by atoms with Gasteiger partial charge in [0, 0.05) is 30.4 Å². The number of benzene rings is 3. The molecule has 0 aliphatic heterocycles. The van der Waals surface area contributed by atoms with Crippen LogP contribution in [0.2, 0.25) is 0 Å². The first-order valence-corrected chi connectivity index (χ1v) is 14.1. The molecule has 0 unspecified atom stereocenters. The van der Waals surface area contributed by atoms with E-state index in [-0.39, 0.29) is 0 Å². The van der Waals surface area contributed by atoms with Gasteiger partial charge in [0.25, 0.3) is 0 Å². The van der Waals surface area contributed by atoms with Crippen LogP contribution in [0.25, 0.3) is 17.1 Å². The largest absolute Gasteiger partial charge is 0.309 e. The van der Waals surface area contributed by atoms with E-state index in [1.54, 1.807) is 0 Å². The number of nitrogens with zero attached hydrogens (tertiary/aromatic N) is 3. The van der Waals surface area contributed by atoms with Crippen LogP contribution < -0.4 is 20.7 Å². The number of pyridine rings is 2. The Labute approximate surface area is 212 Å². The summed E-state index contributed by atoms with van der Waals surface area (Å²) < 4.78 is 2.13. The normalized spacial score (nSPS) is 11.3. The predicted molar refractivity (Wildman–Crippen MR) is 150 cm³/mol. The number of hydrogen-bond acceptors (Lipinski definition) is 2. The van der Waals surface area contributed by atoms with E-state index in [0.717, 1.165) is 17.1 Å². The quantitative estimate of drug-likeness (QED) is 0.263. The fourth-order valence-corrected chi connectivity index (χ4v) is 9.85. The van der Waals surface area contributed by atoms with Crippen LogP contribution in [0.4, 0.5) is 0 Å². The lowest BCUT2D eigenvalue weighted by Gasteiger charge is -2.33. The Morgan fingerprint density at radius 1 is 0.500 bits per heavy atom. The van der Waals surface area contributed by atoms with E-state index in [1.165, 1.54) is 20.7 Å². The van der Waals surface area contributed by atoms with Gasteiger partial charge in [-0.25, -0.2) is 4.98 Å². The maximum Gasteiger partial charge on any atom is 0.181 e. The van der Waals surface area contributed by atoms with Crippen molar-refractivity contribution in [3.8, 4) is 17.1 Å². The molecule has 0 aliphatic rings. The van der Waals surface area contributed by atoms with Gasteiger partial charge < -0.3 is 4.57 Å². The van der Waals surface area contributed by atoms with E-state index in [1.807, 2.05) is 42.7 Å². The van der Waals surface area contributed by atoms with Gasteiger partial charge in [0.05, 0.1) is 5.69 Å². The molecule has 3 nitrogen and oxygen atoms in total. The average molecular weight is 480 g/mol. The number of rotatable bonds is 6. The van der Waals surface area contributed by atoms with Gasteiger partial charge in [-0.15, -0.1) is 0 Å². The van der Waals surface area contributed by atoms with Crippen LogP contribution >= 0.6 is 0 Å². The molecule has 3 heterocycles. The highest BCUT2D eigenvalue weighted by Crippen LogP contribution is 2.18. The van der Waals surface area contributed by atoms with Crippen molar-refractivity contribution in [2.45, 2.75) is 0 Å². The van der Waals surface area contributed by atoms with Crippen molar-refractivity contribution in [1.29, 1.82) is 0 Å². The Bertz CT molecular complexity index is 1520. The minimum absolute atomic E-state index is 0.912. The van der Waals surface area contributed by atoms with Crippen LogP contribution in [0.1, 0.15) is 0 Å². The molecule has 6 rings (SSSR count). The zero-order valence-electron chi connectivity index (χ0n) is 19.8. The van der Waals surface area contributed by atoms with Gasteiger partial charge in [-0.3, -0.25) is 4.98 Å². The second kappa shape index (κ2) is 9.60.